The normalized spacial score (nSPS) is 15.0. The first kappa shape index (κ1) is 40.5. The van der Waals surface area contributed by atoms with Gasteiger partial charge in [-0.3, -0.25) is 9.59 Å². The molecule has 8 aromatic rings. The van der Waals surface area contributed by atoms with Gasteiger partial charge in [0, 0.05) is 40.6 Å². The minimum atomic E-state index is -0.362. The van der Waals surface area contributed by atoms with Gasteiger partial charge in [0.05, 0.1) is 48.3 Å². The van der Waals surface area contributed by atoms with Gasteiger partial charge in [-0.05, 0) is 98.3 Å². The topological polar surface area (TPSA) is 160 Å². The maximum absolute atomic E-state index is 13.7. The maximum atomic E-state index is 13.7. The molecule has 4 aromatic heterocycles. The highest BCUT2D eigenvalue weighted by atomic mass is 35.5. The first-order chi connectivity index (χ1) is 31.1. The molecule has 10 rings (SSSR count). The first-order valence-corrected chi connectivity index (χ1v) is 21.3. The number of aromatic nitrogens is 10. The number of fused-ring (bicyclic) bond motifs is 2. The third kappa shape index (κ3) is 7.65. The summed E-state index contributed by atoms with van der Waals surface area (Å²) in [5, 5.41) is 24.5. The van der Waals surface area contributed by atoms with Crippen molar-refractivity contribution < 1.29 is 18.9 Å². The second-order valence-corrected chi connectivity index (χ2v) is 16.5. The van der Waals surface area contributed by atoms with Crippen LogP contribution in [0.2, 0.25) is 10.0 Å². The van der Waals surface area contributed by atoms with Crippen molar-refractivity contribution in [3.8, 4) is 23.2 Å². The molecule has 0 fully saturated rings. The van der Waals surface area contributed by atoms with Gasteiger partial charge < -0.3 is 19.9 Å². The number of hydrogen-bond acceptors (Lipinski definition) is 8. The Hall–Kier alpha value is -7.61. The van der Waals surface area contributed by atoms with E-state index in [0.717, 1.165) is 52.4 Å². The maximum Gasteiger partial charge on any atom is 0.385 e. The number of aryl methyl sites for hydroxylation is 2. The van der Waals surface area contributed by atoms with Crippen molar-refractivity contribution in [2.75, 3.05) is 17.7 Å². The Bertz CT molecular complexity index is 3170. The molecule has 0 aliphatic carbocycles. The number of halogens is 2. The van der Waals surface area contributed by atoms with E-state index in [2.05, 4.69) is 42.3 Å². The minimum absolute atomic E-state index is 0.0143. The molecular formula is C46H39Cl2N13O3+2. The second kappa shape index (κ2) is 16.6. The lowest BCUT2D eigenvalue weighted by Gasteiger charge is -2.11. The highest BCUT2D eigenvalue weighted by Crippen LogP contribution is 2.35. The monoisotopic (exact) mass is 891 g/mol. The van der Waals surface area contributed by atoms with Crippen LogP contribution in [-0.4, -0.2) is 63.1 Å². The zero-order valence-electron chi connectivity index (χ0n) is 34.8. The number of ether oxygens (including phenoxy) is 1. The Morgan fingerprint density at radius 1 is 0.797 bits per heavy atom. The fourth-order valence-corrected chi connectivity index (χ4v) is 8.65. The van der Waals surface area contributed by atoms with Gasteiger partial charge in [-0.2, -0.15) is 4.57 Å². The van der Waals surface area contributed by atoms with Crippen LogP contribution in [0.25, 0.3) is 16.3 Å². The Morgan fingerprint density at radius 2 is 1.38 bits per heavy atom. The van der Waals surface area contributed by atoms with Gasteiger partial charge in [-0.1, -0.05) is 57.9 Å². The summed E-state index contributed by atoms with van der Waals surface area (Å²) < 4.78 is 14.9. The van der Waals surface area contributed by atoms with E-state index in [9.17, 15) is 9.59 Å². The van der Waals surface area contributed by atoms with Crippen molar-refractivity contribution >= 4 is 46.4 Å². The van der Waals surface area contributed by atoms with E-state index in [0.29, 0.717) is 51.3 Å². The standard InChI is InChI=1S/C46H37Cl2N13O3/c1-27-23-57(25-49-27)36-14-12-34(51-45(62)43-40-18-16-37(60(40)55-53-43)29-4-8-32(47)9-5-29)20-31(36)22-50-59-26-58(24-28(59)2)39-15-13-35(21-42(39)64-3)52-46(63)44-41-19-17-38(61(41)56-54-44)30-6-10-33(48)11-7-30/h4-15,20-21,23-26,37-38H,16-19H2,1-3H3/p+2. The van der Waals surface area contributed by atoms with Crippen LogP contribution in [0.3, 0.4) is 0 Å². The van der Waals surface area contributed by atoms with Crippen molar-refractivity contribution in [2.45, 2.75) is 51.6 Å². The summed E-state index contributed by atoms with van der Waals surface area (Å²) in [5.74, 6) is -0.199. The fraction of sp³-hybridized carbons (Fsp3) is 0.196. The number of imidazole rings is 2. The first-order valence-electron chi connectivity index (χ1n) is 20.5. The molecular weight excluding hydrogens is 853 g/mol. The molecule has 6 heterocycles. The van der Waals surface area contributed by atoms with E-state index in [1.807, 2.05) is 111 Å². The van der Waals surface area contributed by atoms with E-state index in [1.165, 1.54) is 0 Å². The Balaban J connectivity index is 0.877. The van der Waals surface area contributed by atoms with Crippen LogP contribution < -0.4 is 19.9 Å². The summed E-state index contributed by atoms with van der Waals surface area (Å²) in [6.07, 6.45) is 10.3. The van der Waals surface area contributed by atoms with E-state index in [-0.39, 0.29) is 35.3 Å². The van der Waals surface area contributed by atoms with Crippen molar-refractivity contribution in [2.24, 2.45) is 0 Å². The number of nitrogens with zero attached hydrogens (tertiary/aromatic N) is 11. The van der Waals surface area contributed by atoms with Gasteiger partial charge in [0.15, 0.2) is 27.8 Å². The Kier molecular flexibility index (Phi) is 10.5. The third-order valence-corrected chi connectivity index (χ3v) is 12.1. The van der Waals surface area contributed by atoms with Crippen LogP contribution in [0, 0.1) is 19.9 Å². The quantitative estimate of drug-likeness (QED) is 0.139. The number of hydrogen-bond donors (Lipinski definition) is 2. The summed E-state index contributed by atoms with van der Waals surface area (Å²) in [7, 11) is 1.57. The molecule has 0 bridgehead atoms. The number of amides is 2. The minimum Gasteiger partial charge on any atom is -0.492 e. The van der Waals surface area contributed by atoms with Crippen LogP contribution in [0.4, 0.5) is 11.4 Å². The molecule has 0 saturated heterocycles. The van der Waals surface area contributed by atoms with Gasteiger partial charge in [-0.15, -0.1) is 10.2 Å². The van der Waals surface area contributed by atoms with Crippen LogP contribution in [0.15, 0.2) is 110 Å². The number of benzene rings is 4. The van der Waals surface area contributed by atoms with E-state index in [1.54, 1.807) is 42.6 Å². The highest BCUT2D eigenvalue weighted by Gasteiger charge is 2.33. The molecule has 2 atom stereocenters. The van der Waals surface area contributed by atoms with Crippen LogP contribution in [0.5, 0.6) is 5.75 Å². The Morgan fingerprint density at radius 3 is 1.94 bits per heavy atom. The second-order valence-electron chi connectivity index (χ2n) is 15.7. The van der Waals surface area contributed by atoms with E-state index in [4.69, 9.17) is 32.9 Å². The molecule has 2 aliphatic rings. The molecule has 0 saturated carbocycles. The number of nitrogens with one attached hydrogen (secondary N) is 2. The van der Waals surface area contributed by atoms with E-state index >= 15 is 0 Å². The molecule has 2 unspecified atom stereocenters. The fourth-order valence-electron chi connectivity index (χ4n) is 8.40. The molecule has 318 valence electrons. The average molecular weight is 893 g/mol. The SMILES string of the molecule is COc1cc(NC(=O)c2nnn3c2CCC3c2ccc(Cl)cc2)ccc1-[n+]1cc(C)n([N+]#Cc2cc(NC(=O)c3nnn4c3CCC4c3ccc(Cl)cc3)ccc2-n2cnc(C)c2)c1. The molecule has 2 aliphatic heterocycles. The molecule has 4 aromatic carbocycles. The average Bonchev–Trinajstić information content (AvgIpc) is 4.16. The van der Waals surface area contributed by atoms with Gasteiger partial charge in [-0.25, -0.2) is 14.3 Å². The molecule has 18 heteroatoms. The lowest BCUT2D eigenvalue weighted by molar-refractivity contribution is -0.595. The highest BCUT2D eigenvalue weighted by molar-refractivity contribution is 6.30. The summed E-state index contributed by atoms with van der Waals surface area (Å²) in [6.45, 7) is 3.83. The van der Waals surface area contributed by atoms with Gasteiger partial charge in [0.2, 0.25) is 5.69 Å². The van der Waals surface area contributed by atoms with Crippen molar-refractivity contribution in [3.05, 3.63) is 176 Å². The lowest BCUT2D eigenvalue weighted by Crippen LogP contribution is -2.28. The summed E-state index contributed by atoms with van der Waals surface area (Å²) >= 11 is 12.2. The largest absolute Gasteiger partial charge is 0.492 e. The van der Waals surface area contributed by atoms with E-state index < -0.39 is 0 Å². The van der Waals surface area contributed by atoms with Crippen LogP contribution in [-0.2, 0) is 12.8 Å². The van der Waals surface area contributed by atoms with Gasteiger partial charge in [0.1, 0.15) is 16.4 Å². The van der Waals surface area contributed by atoms with Gasteiger partial charge in [0.25, 0.3) is 11.8 Å². The third-order valence-electron chi connectivity index (χ3n) is 11.6. The van der Waals surface area contributed by atoms with Crippen molar-refractivity contribution in [1.29, 1.82) is 0 Å². The van der Waals surface area contributed by atoms with Crippen molar-refractivity contribution in [3.63, 3.8) is 0 Å². The zero-order chi connectivity index (χ0) is 44.1. The van der Waals surface area contributed by atoms with Crippen LogP contribution in [0.1, 0.15) is 85.4 Å². The molecule has 0 radical (unpaired) electrons. The zero-order valence-corrected chi connectivity index (χ0v) is 36.3. The molecule has 0 spiro atoms. The van der Waals surface area contributed by atoms with Crippen LogP contribution >= 0.6 is 23.2 Å². The molecule has 2 amide bonds. The van der Waals surface area contributed by atoms with Crippen molar-refractivity contribution in [1.82, 2.24) is 44.2 Å². The summed E-state index contributed by atoms with van der Waals surface area (Å²) in [4.78, 5) is 36.3. The van der Waals surface area contributed by atoms with Gasteiger partial charge >= 0.3 is 12.4 Å². The smallest absolute Gasteiger partial charge is 0.385 e. The predicted molar refractivity (Wildman–Crippen MR) is 239 cm³/mol. The summed E-state index contributed by atoms with van der Waals surface area (Å²) in [5.41, 5.74) is 9.03. The molecule has 64 heavy (non-hydrogen) atoms. The number of methoxy groups -OCH3 is 1. The predicted octanol–water partition coefficient (Wildman–Crippen LogP) is 7.79. The lowest BCUT2D eigenvalue weighted by atomic mass is 10.1. The molecule has 2 N–H and O–H groups in total. The summed E-state index contributed by atoms with van der Waals surface area (Å²) in [6, 6.07) is 29.4. The number of rotatable bonds is 9. The Labute approximate surface area is 376 Å². The number of carbonyl (C=O) groups is 2. The number of carbonyl (C=O) groups excluding carboxylic acids is 2. The molecule has 16 nitrogen and oxygen atoms in total. The number of anilines is 2.